The number of unbranched alkanes of at least 4 members (excludes halogenated alkanes) is 1. The van der Waals surface area contributed by atoms with Crippen molar-refractivity contribution in [1.29, 1.82) is 0 Å². The highest BCUT2D eigenvalue weighted by Crippen LogP contribution is 2.33. The fourth-order valence-electron chi connectivity index (χ4n) is 4.13. The van der Waals surface area contributed by atoms with Crippen LogP contribution in [0.3, 0.4) is 0 Å². The Kier molecular flexibility index (Phi) is 11.3. The molecule has 1 aliphatic heterocycles. The molecule has 6 nitrogen and oxygen atoms in total. The lowest BCUT2D eigenvalue weighted by molar-refractivity contribution is -0.0602. The van der Waals surface area contributed by atoms with E-state index in [9.17, 15) is 0 Å². The summed E-state index contributed by atoms with van der Waals surface area (Å²) >= 11 is 0. The minimum Gasteiger partial charge on any atom is -0.491 e. The molecule has 0 radical (unpaired) electrons. The number of benzene rings is 1. The number of epoxide rings is 1. The fraction of sp³-hybridized carbons (Fsp3) is 0.778. The third kappa shape index (κ3) is 10.2. The van der Waals surface area contributed by atoms with E-state index in [1.54, 1.807) is 7.11 Å². The molecule has 1 aromatic rings. The predicted molar refractivity (Wildman–Crippen MR) is 129 cm³/mol. The number of hydrogen-bond acceptors (Lipinski definition) is 6. The van der Waals surface area contributed by atoms with Crippen LogP contribution in [0.2, 0.25) is 0 Å². The first-order valence-corrected chi connectivity index (χ1v) is 12.9. The van der Waals surface area contributed by atoms with Gasteiger partial charge in [0.05, 0.1) is 19.3 Å². The quantitative estimate of drug-likeness (QED) is 0.190. The fourth-order valence-corrected chi connectivity index (χ4v) is 4.13. The van der Waals surface area contributed by atoms with Crippen molar-refractivity contribution in [3.05, 3.63) is 24.3 Å². The van der Waals surface area contributed by atoms with Crippen LogP contribution >= 0.6 is 0 Å². The van der Waals surface area contributed by atoms with Crippen LogP contribution in [-0.4, -0.2) is 64.6 Å². The molecule has 188 valence electrons. The van der Waals surface area contributed by atoms with Crippen LogP contribution < -0.4 is 9.47 Å². The van der Waals surface area contributed by atoms with Gasteiger partial charge in [-0.25, -0.2) is 0 Å². The molecule has 2 fully saturated rings. The largest absolute Gasteiger partial charge is 0.491 e. The number of rotatable bonds is 20. The van der Waals surface area contributed by atoms with E-state index in [2.05, 4.69) is 13.8 Å². The van der Waals surface area contributed by atoms with Gasteiger partial charge in [-0.1, -0.05) is 26.3 Å². The number of methoxy groups -OCH3 is 1. The van der Waals surface area contributed by atoms with Crippen molar-refractivity contribution in [1.82, 2.24) is 0 Å². The summed E-state index contributed by atoms with van der Waals surface area (Å²) in [5.74, 6) is 2.48. The molecule has 0 amide bonds. The topological polar surface area (TPSA) is 58.7 Å². The first-order valence-electron chi connectivity index (χ1n) is 12.9. The van der Waals surface area contributed by atoms with E-state index in [1.165, 1.54) is 12.8 Å². The van der Waals surface area contributed by atoms with Crippen LogP contribution in [0, 0.1) is 5.92 Å². The van der Waals surface area contributed by atoms with E-state index >= 15 is 0 Å². The molecule has 3 atom stereocenters. The van der Waals surface area contributed by atoms with E-state index in [-0.39, 0.29) is 17.8 Å². The molecule has 1 saturated heterocycles. The van der Waals surface area contributed by atoms with E-state index < -0.39 is 0 Å². The molecule has 0 spiro atoms. The van der Waals surface area contributed by atoms with Gasteiger partial charge in [0.15, 0.2) is 0 Å². The second kappa shape index (κ2) is 14.1. The Bertz CT molecular complexity index is 660. The van der Waals surface area contributed by atoms with Crippen molar-refractivity contribution in [2.75, 3.05) is 46.8 Å². The zero-order valence-corrected chi connectivity index (χ0v) is 20.9. The zero-order chi connectivity index (χ0) is 23.4. The zero-order valence-electron chi connectivity index (χ0n) is 20.9. The molecule has 0 aromatic heterocycles. The van der Waals surface area contributed by atoms with E-state index in [1.807, 2.05) is 24.3 Å². The first-order chi connectivity index (χ1) is 16.2. The molecule has 6 heteroatoms. The summed E-state index contributed by atoms with van der Waals surface area (Å²) in [7, 11) is 1.74. The molecule has 33 heavy (non-hydrogen) atoms. The third-order valence-corrected chi connectivity index (χ3v) is 6.37. The molecule has 0 bridgehead atoms. The van der Waals surface area contributed by atoms with Crippen molar-refractivity contribution >= 4 is 0 Å². The highest BCUT2D eigenvalue weighted by Gasteiger charge is 2.34. The van der Waals surface area contributed by atoms with Gasteiger partial charge in [0.2, 0.25) is 0 Å². The van der Waals surface area contributed by atoms with Gasteiger partial charge in [0.25, 0.3) is 0 Å². The van der Waals surface area contributed by atoms with Gasteiger partial charge in [-0.05, 0) is 56.6 Å². The Labute approximate surface area is 200 Å². The molecule has 0 N–H and O–H groups in total. The second-order valence-corrected chi connectivity index (χ2v) is 9.51. The van der Waals surface area contributed by atoms with Crippen molar-refractivity contribution < 1.29 is 28.4 Å². The van der Waals surface area contributed by atoms with Gasteiger partial charge in [0.1, 0.15) is 29.8 Å². The summed E-state index contributed by atoms with van der Waals surface area (Å²) in [5, 5.41) is 0. The summed E-state index contributed by atoms with van der Waals surface area (Å²) in [4.78, 5) is 0. The molecule has 3 rings (SSSR count). The maximum Gasteiger partial charge on any atom is 0.123 e. The Hall–Kier alpha value is -1.34. The van der Waals surface area contributed by atoms with Gasteiger partial charge >= 0.3 is 0 Å². The first kappa shape index (κ1) is 26.3. The number of ether oxygens (including phenoxy) is 6. The Morgan fingerprint density at radius 1 is 1.09 bits per heavy atom. The normalized spacial score (nSPS) is 20.3. The molecular weight excluding hydrogens is 420 g/mol. The molecular formula is C27H44O6. The molecule has 1 aliphatic carbocycles. The van der Waals surface area contributed by atoms with Crippen molar-refractivity contribution in [2.45, 2.75) is 83.0 Å². The Balaban J connectivity index is 1.50. The van der Waals surface area contributed by atoms with Gasteiger partial charge in [-0.3, -0.25) is 0 Å². The van der Waals surface area contributed by atoms with E-state index in [0.717, 1.165) is 82.4 Å². The van der Waals surface area contributed by atoms with Crippen molar-refractivity contribution in [3.63, 3.8) is 0 Å². The second-order valence-electron chi connectivity index (χ2n) is 9.51. The maximum absolute atomic E-state index is 6.65. The minimum atomic E-state index is -0.302. The van der Waals surface area contributed by atoms with Crippen LogP contribution in [0.15, 0.2) is 24.3 Å². The summed E-state index contributed by atoms with van der Waals surface area (Å²) in [6.45, 7) is 8.83. The monoisotopic (exact) mass is 464 g/mol. The van der Waals surface area contributed by atoms with Gasteiger partial charge in [0, 0.05) is 39.4 Å². The van der Waals surface area contributed by atoms with Gasteiger partial charge in [-0.2, -0.15) is 0 Å². The average molecular weight is 465 g/mol. The lowest BCUT2D eigenvalue weighted by atomic mass is 9.88. The van der Waals surface area contributed by atoms with Crippen molar-refractivity contribution in [2.24, 2.45) is 5.92 Å². The van der Waals surface area contributed by atoms with Crippen molar-refractivity contribution in [3.8, 4) is 11.5 Å². The highest BCUT2D eigenvalue weighted by atomic mass is 16.6. The minimum absolute atomic E-state index is 0.000306. The molecule has 1 aromatic carbocycles. The molecule has 2 aliphatic rings. The lowest BCUT2D eigenvalue weighted by Crippen LogP contribution is -2.41. The Morgan fingerprint density at radius 2 is 1.88 bits per heavy atom. The van der Waals surface area contributed by atoms with Crippen LogP contribution in [0.4, 0.5) is 0 Å². The highest BCUT2D eigenvalue weighted by molar-refractivity contribution is 5.33. The molecule has 1 heterocycles. The molecule has 1 saturated carbocycles. The summed E-state index contributed by atoms with van der Waals surface area (Å²) in [5.41, 5.74) is -0.302. The Morgan fingerprint density at radius 3 is 2.58 bits per heavy atom. The van der Waals surface area contributed by atoms with E-state index in [0.29, 0.717) is 13.2 Å². The van der Waals surface area contributed by atoms with Crippen LogP contribution in [0.5, 0.6) is 11.5 Å². The SMILES string of the molecule is CCCC(CC)(CC(COC)OCCCCOCC1CC1)Oc1cccc(OCC2CO2)c1. The average Bonchev–Trinajstić information content (AvgIpc) is 3.73. The van der Waals surface area contributed by atoms with Crippen LogP contribution in [-0.2, 0) is 18.9 Å². The lowest BCUT2D eigenvalue weighted by Gasteiger charge is -2.36. The summed E-state index contributed by atoms with van der Waals surface area (Å²) in [6.07, 6.45) is 8.66. The predicted octanol–water partition coefficient (Wildman–Crippen LogP) is 5.42. The van der Waals surface area contributed by atoms with E-state index in [4.69, 9.17) is 28.4 Å². The smallest absolute Gasteiger partial charge is 0.123 e. The number of hydrogen-bond donors (Lipinski definition) is 0. The van der Waals surface area contributed by atoms with Crippen LogP contribution in [0.25, 0.3) is 0 Å². The summed E-state index contributed by atoms with van der Waals surface area (Å²) in [6, 6.07) is 7.94. The van der Waals surface area contributed by atoms with Crippen LogP contribution in [0.1, 0.15) is 65.2 Å². The summed E-state index contributed by atoms with van der Waals surface area (Å²) < 4.78 is 35.2. The van der Waals surface area contributed by atoms with Gasteiger partial charge < -0.3 is 28.4 Å². The maximum atomic E-state index is 6.65. The standard InChI is InChI=1S/C27H44O6/c1-4-13-27(5-2,33-24-10-8-9-23(16-24)31-20-26-21-32-26)17-25(19-28-3)30-15-7-6-14-29-18-22-11-12-22/h8-10,16,22,25-26H,4-7,11-15,17-21H2,1-3H3. The van der Waals surface area contributed by atoms with Gasteiger partial charge in [-0.15, -0.1) is 0 Å². The third-order valence-electron chi connectivity index (χ3n) is 6.37. The molecule has 3 unspecified atom stereocenters.